The third-order valence-corrected chi connectivity index (χ3v) is 4.72. The van der Waals surface area contributed by atoms with Crippen molar-refractivity contribution in [2.75, 3.05) is 0 Å². The molecule has 0 fully saturated rings. The van der Waals surface area contributed by atoms with Crippen LogP contribution < -0.4 is 0 Å². The number of rotatable bonds is 6. The van der Waals surface area contributed by atoms with Crippen molar-refractivity contribution in [2.24, 2.45) is 11.8 Å². The zero-order chi connectivity index (χ0) is 17.9. The third-order valence-electron chi connectivity index (χ3n) is 3.93. The molecule has 3 heteroatoms. The van der Waals surface area contributed by atoms with Gasteiger partial charge < -0.3 is 25.3 Å². The molecule has 0 atom stereocenters. The smallest absolute Gasteiger partial charge is 0.779 e. The summed E-state index contributed by atoms with van der Waals surface area (Å²) in [6.45, 7) is 8.97. The molecule has 0 saturated heterocycles. The zero-order valence-corrected chi connectivity index (χ0v) is 22.2. The molecule has 0 amide bonds. The first-order chi connectivity index (χ1) is 11.4. The Bertz CT molecular complexity index is 541. The summed E-state index contributed by atoms with van der Waals surface area (Å²) in [5, 5.41) is 0. The van der Waals surface area contributed by atoms with Crippen LogP contribution in [0.5, 0.6) is 0 Å². The number of hydrogen-bond donors (Lipinski definition) is 0. The molecule has 0 N–H and O–H groups in total. The van der Waals surface area contributed by atoms with Gasteiger partial charge in [0.2, 0.25) is 0 Å². The topological polar surface area (TPSA) is 0 Å². The first kappa shape index (κ1) is 25.5. The summed E-state index contributed by atoms with van der Waals surface area (Å²) in [5.41, 5.74) is 2.64. The number of hydrogen-bond acceptors (Lipinski definition) is 2. The van der Waals surface area contributed by atoms with E-state index in [1.54, 1.807) is 0 Å². The Morgan fingerprint density at radius 2 is 0.960 bits per heavy atom. The predicted octanol–water partition coefficient (Wildman–Crippen LogP) is 5.98. The molecule has 132 valence electrons. The van der Waals surface area contributed by atoms with Crippen LogP contribution in [0, 0.1) is 11.8 Å². The van der Waals surface area contributed by atoms with Crippen LogP contribution in [0.4, 0.5) is 0 Å². The van der Waals surface area contributed by atoms with Crippen LogP contribution in [-0.4, -0.2) is 48.9 Å². The van der Waals surface area contributed by atoms with Crippen LogP contribution in [-0.2, 0) is 38.1 Å². The van der Waals surface area contributed by atoms with E-state index >= 15 is 0 Å². The maximum absolute atomic E-state index is 5.20. The van der Waals surface area contributed by atoms with E-state index in [1.807, 2.05) is 24.3 Å². The van der Waals surface area contributed by atoms with Crippen molar-refractivity contribution in [3.8, 4) is 0 Å². The van der Waals surface area contributed by atoms with Crippen molar-refractivity contribution in [2.45, 2.75) is 63.2 Å². The molecule has 2 rings (SSSR count). The maximum atomic E-state index is 5.20. The summed E-state index contributed by atoms with van der Waals surface area (Å²) in [4.78, 5) is 2.02. The standard InChI is InChI=1S/2C11H16S.Ba/c2*1-9(2)7-8-10-5-3-4-6-11(10)12;/h2*3-6,9,12H,7-8H2,1-2H3;/q;;+2/p-2. The van der Waals surface area contributed by atoms with E-state index in [1.165, 1.54) is 24.0 Å². The molecule has 0 aliphatic heterocycles. The van der Waals surface area contributed by atoms with Gasteiger partial charge in [0.05, 0.1) is 0 Å². The van der Waals surface area contributed by atoms with E-state index in [4.69, 9.17) is 25.3 Å². The summed E-state index contributed by atoms with van der Waals surface area (Å²) < 4.78 is 0. The van der Waals surface area contributed by atoms with Gasteiger partial charge >= 0.3 is 48.9 Å². The Labute approximate surface area is 206 Å². The minimum absolute atomic E-state index is 0. The molecular formula is C22H30BaS2. The predicted molar refractivity (Wildman–Crippen MR) is 116 cm³/mol. The average Bonchev–Trinajstić information content (AvgIpc) is 2.54. The summed E-state index contributed by atoms with van der Waals surface area (Å²) in [6, 6.07) is 16.4. The van der Waals surface area contributed by atoms with Gasteiger partial charge in [-0.15, -0.1) is 0 Å². The third kappa shape index (κ3) is 11.7. The van der Waals surface area contributed by atoms with Crippen molar-refractivity contribution >= 4 is 74.1 Å². The van der Waals surface area contributed by atoms with Crippen LogP contribution in [0.15, 0.2) is 58.3 Å². The number of benzene rings is 2. The van der Waals surface area contributed by atoms with Gasteiger partial charge in [0.15, 0.2) is 0 Å². The molecule has 2 aromatic rings. The Hall–Kier alpha value is 0.451. The molecule has 0 radical (unpaired) electrons. The molecule has 0 bridgehead atoms. The second-order valence-electron chi connectivity index (χ2n) is 7.08. The molecule has 0 aromatic heterocycles. The fourth-order valence-electron chi connectivity index (χ4n) is 2.31. The monoisotopic (exact) mass is 496 g/mol. The summed E-state index contributed by atoms with van der Waals surface area (Å²) in [7, 11) is 0. The van der Waals surface area contributed by atoms with Crippen molar-refractivity contribution in [1.29, 1.82) is 0 Å². The summed E-state index contributed by atoms with van der Waals surface area (Å²) in [6.07, 6.45) is 4.70. The van der Waals surface area contributed by atoms with Crippen LogP contribution in [0.2, 0.25) is 0 Å². The Kier molecular flexibility index (Phi) is 14.8. The molecule has 0 aliphatic carbocycles. The van der Waals surface area contributed by atoms with Crippen LogP contribution in [0.3, 0.4) is 0 Å². The van der Waals surface area contributed by atoms with E-state index in [9.17, 15) is 0 Å². The van der Waals surface area contributed by atoms with Crippen LogP contribution in [0.1, 0.15) is 51.7 Å². The SMILES string of the molecule is CC(C)CCc1ccccc1[S-].CC(C)CCc1ccccc1[S-].[Ba+2]. The van der Waals surface area contributed by atoms with Crippen molar-refractivity contribution in [3.63, 3.8) is 0 Å². The second-order valence-corrected chi connectivity index (χ2v) is 7.96. The van der Waals surface area contributed by atoms with Gasteiger partial charge in [0.1, 0.15) is 0 Å². The van der Waals surface area contributed by atoms with E-state index < -0.39 is 0 Å². The van der Waals surface area contributed by atoms with Gasteiger partial charge in [-0.3, -0.25) is 0 Å². The van der Waals surface area contributed by atoms with Gasteiger partial charge in [0.25, 0.3) is 0 Å². The Balaban J connectivity index is 0.000000443. The normalized spacial score (nSPS) is 10.2. The fraction of sp³-hybridized carbons (Fsp3) is 0.455. The molecule has 0 aliphatic rings. The molecule has 0 spiro atoms. The van der Waals surface area contributed by atoms with E-state index in [0.29, 0.717) is 0 Å². The minimum Gasteiger partial charge on any atom is -0.779 e. The van der Waals surface area contributed by atoms with Crippen molar-refractivity contribution in [3.05, 3.63) is 59.7 Å². The second kappa shape index (κ2) is 14.5. The summed E-state index contributed by atoms with van der Waals surface area (Å²) in [5.74, 6) is 1.53. The fourth-order valence-corrected chi connectivity index (χ4v) is 2.81. The minimum atomic E-state index is 0. The molecule has 25 heavy (non-hydrogen) atoms. The summed E-state index contributed by atoms with van der Waals surface area (Å²) >= 11 is 10.4. The van der Waals surface area contributed by atoms with Crippen molar-refractivity contribution in [1.82, 2.24) is 0 Å². The van der Waals surface area contributed by atoms with E-state index in [2.05, 4.69) is 52.0 Å². The first-order valence-electron chi connectivity index (χ1n) is 8.90. The van der Waals surface area contributed by atoms with Gasteiger partial charge in [-0.2, -0.15) is 9.79 Å². The van der Waals surface area contributed by atoms with E-state index in [-0.39, 0.29) is 48.9 Å². The average molecular weight is 496 g/mol. The van der Waals surface area contributed by atoms with Crippen LogP contribution >= 0.6 is 0 Å². The van der Waals surface area contributed by atoms with Crippen LogP contribution in [0.25, 0.3) is 0 Å². The molecular weight excluding hydrogens is 466 g/mol. The molecule has 0 saturated carbocycles. The van der Waals surface area contributed by atoms with E-state index in [0.717, 1.165) is 34.5 Å². The Morgan fingerprint density at radius 3 is 1.24 bits per heavy atom. The quantitative estimate of drug-likeness (QED) is 0.357. The van der Waals surface area contributed by atoms with Crippen molar-refractivity contribution < 1.29 is 0 Å². The van der Waals surface area contributed by atoms with Gasteiger partial charge in [0, 0.05) is 0 Å². The van der Waals surface area contributed by atoms with Gasteiger partial charge in [-0.1, -0.05) is 87.4 Å². The molecule has 0 heterocycles. The Morgan fingerprint density at radius 1 is 0.640 bits per heavy atom. The first-order valence-corrected chi connectivity index (χ1v) is 9.71. The number of aryl methyl sites for hydroxylation is 2. The van der Waals surface area contributed by atoms with Gasteiger partial charge in [-0.25, -0.2) is 0 Å². The zero-order valence-electron chi connectivity index (χ0n) is 16.1. The molecule has 0 unspecified atom stereocenters. The molecule has 0 nitrogen and oxygen atoms in total. The largest absolute Gasteiger partial charge is 2.00 e. The maximum Gasteiger partial charge on any atom is 2.00 e. The van der Waals surface area contributed by atoms with Gasteiger partial charge in [-0.05, 0) is 37.5 Å². The molecule has 2 aromatic carbocycles.